The van der Waals surface area contributed by atoms with Gasteiger partial charge in [0.2, 0.25) is 0 Å². The molecule has 0 radical (unpaired) electrons. The lowest BCUT2D eigenvalue weighted by atomic mass is 10.1. The molecule has 0 saturated heterocycles. The molecule has 1 unspecified atom stereocenters. The van der Waals surface area contributed by atoms with Crippen molar-refractivity contribution in [2.24, 2.45) is 0 Å². The Morgan fingerprint density at radius 1 is 0.338 bits per heavy atom. The maximum Gasteiger partial charge on any atom is 0.306 e. The lowest BCUT2D eigenvalue weighted by Crippen LogP contribution is -2.30. The van der Waals surface area contributed by atoms with E-state index in [2.05, 4.69) is 167 Å². The van der Waals surface area contributed by atoms with Crippen molar-refractivity contribution >= 4 is 17.9 Å². The summed E-state index contributed by atoms with van der Waals surface area (Å²) in [5, 5.41) is 0. The first-order chi connectivity index (χ1) is 32.0. The monoisotopic (exact) mass is 895 g/mol. The van der Waals surface area contributed by atoms with Crippen LogP contribution in [0.3, 0.4) is 0 Å². The van der Waals surface area contributed by atoms with Gasteiger partial charge in [0.1, 0.15) is 13.2 Å². The minimum absolute atomic E-state index is 0.132. The molecule has 0 bridgehead atoms. The van der Waals surface area contributed by atoms with Gasteiger partial charge in [0.25, 0.3) is 0 Å². The Kier molecular flexibility index (Phi) is 48.2. The van der Waals surface area contributed by atoms with Crippen LogP contribution < -0.4 is 0 Å². The number of allylic oxidation sites excluding steroid dienone is 24. The van der Waals surface area contributed by atoms with Crippen LogP contribution >= 0.6 is 0 Å². The van der Waals surface area contributed by atoms with Crippen LogP contribution in [0.2, 0.25) is 0 Å². The van der Waals surface area contributed by atoms with Gasteiger partial charge >= 0.3 is 17.9 Å². The Morgan fingerprint density at radius 2 is 0.662 bits per heavy atom. The number of unbranched alkanes of at least 4 members (excludes halogenated alkanes) is 9. The van der Waals surface area contributed by atoms with Gasteiger partial charge in [-0.3, -0.25) is 14.4 Å². The molecule has 6 nitrogen and oxygen atoms in total. The summed E-state index contributed by atoms with van der Waals surface area (Å²) < 4.78 is 16.7. The highest BCUT2D eigenvalue weighted by molar-refractivity contribution is 5.71. The van der Waals surface area contributed by atoms with E-state index in [1.165, 1.54) is 12.8 Å². The number of esters is 3. The zero-order chi connectivity index (χ0) is 47.2. The first-order valence-corrected chi connectivity index (χ1v) is 25.4. The molecule has 0 aliphatic heterocycles. The van der Waals surface area contributed by atoms with Gasteiger partial charge in [-0.15, -0.1) is 0 Å². The summed E-state index contributed by atoms with van der Waals surface area (Å²) in [5.74, 6) is -1.06. The van der Waals surface area contributed by atoms with Crippen molar-refractivity contribution in [3.8, 4) is 0 Å². The van der Waals surface area contributed by atoms with Crippen molar-refractivity contribution in [2.75, 3.05) is 13.2 Å². The fraction of sp³-hybridized carbons (Fsp3) is 0.542. The number of carbonyl (C=O) groups excluding carboxylic acids is 3. The van der Waals surface area contributed by atoms with Crippen molar-refractivity contribution in [1.29, 1.82) is 0 Å². The molecule has 0 aromatic heterocycles. The van der Waals surface area contributed by atoms with Crippen LogP contribution in [0, 0.1) is 0 Å². The molecule has 0 rings (SSSR count). The van der Waals surface area contributed by atoms with Gasteiger partial charge < -0.3 is 14.2 Å². The van der Waals surface area contributed by atoms with E-state index in [9.17, 15) is 14.4 Å². The Hall–Kier alpha value is -4.71. The minimum atomic E-state index is -0.838. The van der Waals surface area contributed by atoms with E-state index in [0.717, 1.165) is 128 Å². The fourth-order valence-corrected chi connectivity index (χ4v) is 6.07. The van der Waals surface area contributed by atoms with Crippen LogP contribution in [0.25, 0.3) is 0 Å². The molecule has 0 heterocycles. The summed E-state index contributed by atoms with van der Waals surface area (Å²) >= 11 is 0. The average molecular weight is 895 g/mol. The van der Waals surface area contributed by atoms with E-state index in [0.29, 0.717) is 19.3 Å². The van der Waals surface area contributed by atoms with Gasteiger partial charge in [0.15, 0.2) is 6.10 Å². The van der Waals surface area contributed by atoms with Crippen molar-refractivity contribution in [3.05, 3.63) is 146 Å². The Balaban J connectivity index is 4.58. The first kappa shape index (κ1) is 60.3. The van der Waals surface area contributed by atoms with Crippen LogP contribution in [-0.2, 0) is 28.6 Å². The van der Waals surface area contributed by atoms with E-state index in [1.807, 2.05) is 0 Å². The maximum atomic E-state index is 12.8. The van der Waals surface area contributed by atoms with Gasteiger partial charge in [0.05, 0.1) is 0 Å². The van der Waals surface area contributed by atoms with E-state index in [1.54, 1.807) is 0 Å². The molecule has 0 N–H and O–H groups in total. The fourth-order valence-electron chi connectivity index (χ4n) is 6.07. The second-order valence-electron chi connectivity index (χ2n) is 16.0. The molecule has 0 spiro atoms. The second-order valence-corrected chi connectivity index (χ2v) is 16.0. The van der Waals surface area contributed by atoms with Crippen LogP contribution in [0.4, 0.5) is 0 Å². The van der Waals surface area contributed by atoms with Gasteiger partial charge in [0, 0.05) is 19.3 Å². The summed E-state index contributed by atoms with van der Waals surface area (Å²) in [4.78, 5) is 37.9. The van der Waals surface area contributed by atoms with E-state index in [-0.39, 0.29) is 31.6 Å². The van der Waals surface area contributed by atoms with Gasteiger partial charge in [-0.05, 0) is 122 Å². The molecule has 1 atom stereocenters. The normalized spacial score (nSPS) is 13.3. The zero-order valence-corrected chi connectivity index (χ0v) is 41.2. The lowest BCUT2D eigenvalue weighted by molar-refractivity contribution is -0.167. The van der Waals surface area contributed by atoms with E-state index >= 15 is 0 Å². The molecule has 0 aromatic rings. The largest absolute Gasteiger partial charge is 0.462 e. The first-order valence-electron chi connectivity index (χ1n) is 25.4. The molecule has 65 heavy (non-hydrogen) atoms. The average Bonchev–Trinajstić information content (AvgIpc) is 3.30. The summed E-state index contributed by atoms with van der Waals surface area (Å²) in [6.45, 7) is 6.22. The van der Waals surface area contributed by atoms with Gasteiger partial charge in [-0.25, -0.2) is 0 Å². The predicted molar refractivity (Wildman–Crippen MR) is 279 cm³/mol. The third-order valence-corrected chi connectivity index (χ3v) is 9.84. The molecule has 0 aliphatic rings. The molecule has 0 aromatic carbocycles. The summed E-state index contributed by atoms with van der Waals surface area (Å²) in [5.41, 5.74) is 0. The van der Waals surface area contributed by atoms with Crippen molar-refractivity contribution in [3.63, 3.8) is 0 Å². The second kappa shape index (κ2) is 51.9. The topological polar surface area (TPSA) is 78.9 Å². The van der Waals surface area contributed by atoms with Crippen LogP contribution in [0.15, 0.2) is 146 Å². The maximum absolute atomic E-state index is 12.8. The predicted octanol–water partition coefficient (Wildman–Crippen LogP) is 16.9. The number of ether oxygens (including phenoxy) is 3. The molecular formula is C59H90O6. The Bertz CT molecular complexity index is 1490. The number of hydrogen-bond acceptors (Lipinski definition) is 6. The van der Waals surface area contributed by atoms with E-state index in [4.69, 9.17) is 14.2 Å². The van der Waals surface area contributed by atoms with Crippen LogP contribution in [-0.4, -0.2) is 37.2 Å². The summed E-state index contributed by atoms with van der Waals surface area (Å²) in [7, 11) is 0. The van der Waals surface area contributed by atoms with E-state index < -0.39 is 12.1 Å². The Morgan fingerprint density at radius 3 is 1.05 bits per heavy atom. The summed E-state index contributed by atoms with van der Waals surface area (Å²) in [6.07, 6.45) is 74.1. The van der Waals surface area contributed by atoms with Gasteiger partial charge in [-0.2, -0.15) is 0 Å². The number of carbonyl (C=O) groups is 3. The molecule has 0 fully saturated rings. The highest BCUT2D eigenvalue weighted by Gasteiger charge is 2.19. The third-order valence-electron chi connectivity index (χ3n) is 9.84. The highest BCUT2D eigenvalue weighted by atomic mass is 16.6. The molecule has 0 saturated carbocycles. The standard InChI is InChI=1S/C59H90O6/c1-4-7-10-13-16-19-22-24-26-28-29-31-32-34-37-40-43-46-49-52-58(61)64-55-56(54-63-57(60)51-48-45-42-39-36-21-18-15-12-9-6-3)65-59(62)53-50-47-44-41-38-35-33-30-27-25-23-20-17-14-11-8-5-2/h7-8,10-11,15-21,24-27,29,31,33-37,41,44,56H,4-6,9,12-14,22-23,28,30,32,38-40,42-43,45-55H2,1-3H3/b10-7-,11-8-,18-15-,19-16-,20-17-,26-24-,27-25-,31-29-,35-33-,36-21-,37-34-,44-41-. The summed E-state index contributed by atoms with van der Waals surface area (Å²) in [6, 6.07) is 0. The van der Waals surface area contributed by atoms with Crippen molar-refractivity contribution in [1.82, 2.24) is 0 Å². The number of hydrogen-bond donors (Lipinski definition) is 0. The molecular weight excluding hydrogens is 805 g/mol. The van der Waals surface area contributed by atoms with Crippen molar-refractivity contribution in [2.45, 2.75) is 194 Å². The molecule has 0 amide bonds. The van der Waals surface area contributed by atoms with Crippen LogP contribution in [0.1, 0.15) is 188 Å². The van der Waals surface area contributed by atoms with Crippen LogP contribution in [0.5, 0.6) is 0 Å². The Labute approximate surface area is 397 Å². The minimum Gasteiger partial charge on any atom is -0.462 e. The third kappa shape index (κ3) is 50.2. The van der Waals surface area contributed by atoms with Crippen molar-refractivity contribution < 1.29 is 28.6 Å². The molecule has 362 valence electrons. The molecule has 6 heteroatoms. The quantitative estimate of drug-likeness (QED) is 0.0199. The molecule has 0 aliphatic carbocycles. The van der Waals surface area contributed by atoms with Gasteiger partial charge in [-0.1, -0.05) is 192 Å². The number of rotatable bonds is 43. The lowest BCUT2D eigenvalue weighted by Gasteiger charge is -2.18. The zero-order valence-electron chi connectivity index (χ0n) is 41.2. The SMILES string of the molecule is CC/C=C\C/C=C\C/C=C\C/C=C\C/C=C\CCCCCC(=O)OCC(COC(=O)CCCCC/C=C\C=C/CCCC)OC(=O)CCC/C=C\C/C=C\C/C=C\C/C=C\C/C=C\CC. The highest BCUT2D eigenvalue weighted by Crippen LogP contribution is 2.10. The smallest absolute Gasteiger partial charge is 0.306 e.